The van der Waals surface area contributed by atoms with Crippen molar-refractivity contribution in [2.75, 3.05) is 24.6 Å². The number of anilines is 1. The summed E-state index contributed by atoms with van der Waals surface area (Å²) < 4.78 is 23.2. The van der Waals surface area contributed by atoms with Gasteiger partial charge in [-0.3, -0.25) is 4.79 Å². The van der Waals surface area contributed by atoms with E-state index in [9.17, 15) is 14.1 Å². The van der Waals surface area contributed by atoms with Gasteiger partial charge in [0.1, 0.15) is 5.75 Å². The number of hydrogen-bond acceptors (Lipinski definition) is 6. The van der Waals surface area contributed by atoms with Crippen LogP contribution >= 0.6 is 11.6 Å². The molecule has 1 aliphatic heterocycles. The molecule has 0 saturated carbocycles. The van der Waals surface area contributed by atoms with E-state index in [1.54, 1.807) is 18.2 Å². The van der Waals surface area contributed by atoms with Gasteiger partial charge in [0.15, 0.2) is 0 Å². The van der Waals surface area contributed by atoms with Gasteiger partial charge in [-0.2, -0.15) is 10.6 Å². The van der Waals surface area contributed by atoms with Gasteiger partial charge in [-0.15, -0.1) is 13.2 Å². The quantitative estimate of drug-likeness (QED) is 0.215. The van der Waals surface area contributed by atoms with Gasteiger partial charge in [-0.1, -0.05) is 61.8 Å². The molecule has 1 aliphatic carbocycles. The minimum absolute atomic E-state index is 0.0628. The zero-order chi connectivity index (χ0) is 29.6. The summed E-state index contributed by atoms with van der Waals surface area (Å²) in [5.74, 6) is 0.270. The number of nitrogens with zero attached hydrogens (tertiary/aromatic N) is 2. The molecule has 1 amide bonds. The molecule has 0 aromatic heterocycles. The van der Waals surface area contributed by atoms with E-state index in [0.717, 1.165) is 49.2 Å². The Morgan fingerprint density at radius 2 is 2.07 bits per heavy atom. The molecule has 0 saturated heterocycles. The molecule has 0 fully saturated rings. The molecule has 4 rings (SSSR count). The first kappa shape index (κ1) is 31.3. The summed E-state index contributed by atoms with van der Waals surface area (Å²) in [7, 11) is -1.63. The van der Waals surface area contributed by atoms with Crippen molar-refractivity contribution >= 4 is 33.8 Å². The maximum absolute atomic E-state index is 13.1. The van der Waals surface area contributed by atoms with Gasteiger partial charge in [0.25, 0.3) is 5.91 Å². The molecule has 1 heterocycles. The van der Waals surface area contributed by atoms with Gasteiger partial charge >= 0.3 is 0 Å². The van der Waals surface area contributed by atoms with E-state index >= 15 is 0 Å². The molecule has 1 spiro atoms. The van der Waals surface area contributed by atoms with Gasteiger partial charge in [0.05, 0.1) is 18.4 Å². The van der Waals surface area contributed by atoms with Crippen molar-refractivity contribution in [3.63, 3.8) is 0 Å². The highest BCUT2D eigenvalue weighted by Gasteiger charge is 2.41. The third-order valence-corrected chi connectivity index (χ3v) is 10.1. The zero-order valence-electron chi connectivity index (χ0n) is 24.2. The largest absolute Gasteiger partial charge is 0.490 e. The van der Waals surface area contributed by atoms with E-state index in [-0.39, 0.29) is 16.6 Å². The predicted octanol–water partition coefficient (Wildman–Crippen LogP) is 7.42. The number of ether oxygens (including phenoxy) is 1. The van der Waals surface area contributed by atoms with Crippen LogP contribution in [0.2, 0.25) is 5.02 Å². The van der Waals surface area contributed by atoms with Crippen molar-refractivity contribution in [3.8, 4) is 5.75 Å². The van der Waals surface area contributed by atoms with E-state index in [0.29, 0.717) is 37.4 Å². The molecule has 2 aliphatic rings. The number of amides is 1. The number of aryl methyl sites for hydroxylation is 1. The summed E-state index contributed by atoms with van der Waals surface area (Å²) in [6.45, 7) is 13.3. The van der Waals surface area contributed by atoms with Gasteiger partial charge in [-0.05, 0) is 79.5 Å². The number of rotatable bonds is 11. The smallest absolute Gasteiger partial charge is 0.254 e. The van der Waals surface area contributed by atoms with Crippen LogP contribution in [-0.4, -0.2) is 42.1 Å². The second kappa shape index (κ2) is 14.0. The normalized spacial score (nSPS) is 21.1. The van der Waals surface area contributed by atoms with Gasteiger partial charge in [-0.25, -0.2) is 0 Å². The third kappa shape index (κ3) is 7.25. The molecule has 4 atom stereocenters. The molecule has 222 valence electrons. The predicted molar refractivity (Wildman–Crippen MR) is 169 cm³/mol. The molecule has 0 unspecified atom stereocenters. The highest BCUT2D eigenvalue weighted by atomic mass is 35.5. The van der Waals surface area contributed by atoms with Gasteiger partial charge in [0, 0.05) is 29.1 Å². The minimum Gasteiger partial charge on any atom is -0.490 e. The molecule has 0 bridgehead atoms. The maximum atomic E-state index is 13.1. The van der Waals surface area contributed by atoms with Crippen LogP contribution in [0.1, 0.15) is 73.9 Å². The minimum atomic E-state index is -1.63. The summed E-state index contributed by atoms with van der Waals surface area (Å²) in [5, 5.41) is 11.0. The van der Waals surface area contributed by atoms with Gasteiger partial charge < -0.3 is 23.3 Å². The SMILES string of the molecule is C=CCC[C@@H](C)[S-](=O)=NC(=O)c1ccc2c(c1)N(CC[C@@H](CC)[C@@H](O)C=C)C[C@@]1(CCCc3cc(Cl)ccc31)CO2. The fraction of sp³-hybridized carbons (Fsp3) is 0.485. The van der Waals surface area contributed by atoms with E-state index in [2.05, 4.69) is 41.5 Å². The molecular formula is C33H42ClN2O4S-. The lowest BCUT2D eigenvalue weighted by Crippen LogP contribution is -2.46. The molecule has 2 aromatic carbocycles. The average molecular weight is 598 g/mol. The van der Waals surface area contributed by atoms with Crippen LogP contribution in [0.25, 0.3) is 0 Å². The molecule has 2 aromatic rings. The van der Waals surface area contributed by atoms with E-state index in [4.69, 9.17) is 16.3 Å². The number of carbonyl (C=O) groups is 1. The first-order valence-electron chi connectivity index (χ1n) is 14.6. The number of aliphatic hydroxyl groups is 1. The lowest BCUT2D eigenvalue weighted by atomic mass is 9.70. The fourth-order valence-electron chi connectivity index (χ4n) is 6.09. The van der Waals surface area contributed by atoms with Crippen LogP contribution in [0.3, 0.4) is 0 Å². The van der Waals surface area contributed by atoms with Crippen LogP contribution in [-0.2, 0) is 26.6 Å². The Bertz CT molecular complexity index is 1350. The Morgan fingerprint density at radius 1 is 1.27 bits per heavy atom. The van der Waals surface area contributed by atoms with Gasteiger partial charge in [0.2, 0.25) is 0 Å². The summed E-state index contributed by atoms with van der Waals surface area (Å²) in [6, 6.07) is 11.5. The Balaban J connectivity index is 1.70. The first-order chi connectivity index (χ1) is 19.7. The van der Waals surface area contributed by atoms with Crippen molar-refractivity contribution in [3.05, 3.63) is 83.4 Å². The average Bonchev–Trinajstić information content (AvgIpc) is 3.12. The second-order valence-electron chi connectivity index (χ2n) is 11.4. The van der Waals surface area contributed by atoms with Crippen LogP contribution in [0.5, 0.6) is 5.75 Å². The third-order valence-electron chi connectivity index (χ3n) is 8.60. The number of benzene rings is 2. The van der Waals surface area contributed by atoms with E-state index < -0.39 is 22.6 Å². The van der Waals surface area contributed by atoms with E-state index in [1.165, 1.54) is 11.1 Å². The molecule has 8 heteroatoms. The molecule has 6 nitrogen and oxygen atoms in total. The van der Waals surface area contributed by atoms with Crippen molar-refractivity contribution < 1.29 is 18.8 Å². The Kier molecular flexibility index (Phi) is 10.7. The number of carbonyl (C=O) groups excluding carboxylic acids is 1. The Labute approximate surface area is 251 Å². The number of halogens is 1. The number of fused-ring (bicyclic) bond motifs is 3. The Morgan fingerprint density at radius 3 is 2.80 bits per heavy atom. The number of allylic oxidation sites excluding steroid dienone is 1. The van der Waals surface area contributed by atoms with Crippen molar-refractivity contribution in [2.24, 2.45) is 10.3 Å². The molecule has 0 radical (unpaired) electrons. The van der Waals surface area contributed by atoms with Crippen LogP contribution in [0, 0.1) is 5.92 Å². The molecule has 1 N–H and O–H groups in total. The van der Waals surface area contributed by atoms with E-state index in [1.807, 2.05) is 25.1 Å². The summed E-state index contributed by atoms with van der Waals surface area (Å²) in [5.41, 5.74) is 3.48. The zero-order valence-corrected chi connectivity index (χ0v) is 25.8. The van der Waals surface area contributed by atoms with Crippen LogP contribution < -0.4 is 9.64 Å². The molecule has 41 heavy (non-hydrogen) atoms. The van der Waals surface area contributed by atoms with Crippen LogP contribution in [0.15, 0.2) is 66.1 Å². The lowest BCUT2D eigenvalue weighted by molar-refractivity contribution is 0.100. The highest BCUT2D eigenvalue weighted by molar-refractivity contribution is 7.75. The maximum Gasteiger partial charge on any atom is 0.254 e. The Hall–Kier alpha value is -2.61. The van der Waals surface area contributed by atoms with Crippen molar-refractivity contribution in [1.29, 1.82) is 0 Å². The summed E-state index contributed by atoms with van der Waals surface area (Å²) in [4.78, 5) is 15.4. The topological polar surface area (TPSA) is 79.2 Å². The summed E-state index contributed by atoms with van der Waals surface area (Å²) >= 11 is 6.37. The van der Waals surface area contributed by atoms with Crippen molar-refractivity contribution in [1.82, 2.24) is 0 Å². The molecular weight excluding hydrogens is 556 g/mol. The fourth-order valence-corrected chi connectivity index (χ4v) is 7.07. The second-order valence-corrected chi connectivity index (χ2v) is 13.3. The first-order valence-corrected chi connectivity index (χ1v) is 16.1. The number of aliphatic hydroxyl groups excluding tert-OH is 1. The summed E-state index contributed by atoms with van der Waals surface area (Å²) in [6.07, 6.45) is 8.73. The van der Waals surface area contributed by atoms with Crippen molar-refractivity contribution in [2.45, 2.75) is 75.6 Å². The highest BCUT2D eigenvalue weighted by Crippen LogP contribution is 2.44. The lowest BCUT2D eigenvalue weighted by Gasteiger charge is -2.41. The van der Waals surface area contributed by atoms with Crippen LogP contribution in [0.4, 0.5) is 5.69 Å². The standard InChI is InChI=1S/C33H42ClN2O4S/c1-5-8-10-23(4)41(39)35-32(38)26-12-15-31-29(20-26)36(18-16-24(6-2)30(37)7-3)21-33(22-40-31)17-9-11-25-19-27(34)13-14-28(25)33/h5,7,12-15,19-20,23-24,30,37H,1,3,6,8-11,16-18,21-22H2,2,4H3/q-1/t23-,24-,30+,33+/m1/s1. The number of hydrogen-bond donors (Lipinski definition) is 1. The monoisotopic (exact) mass is 597 g/mol.